The molecule has 2 aromatic carbocycles. The van der Waals surface area contributed by atoms with E-state index in [0.717, 1.165) is 18.4 Å². The fourth-order valence-electron chi connectivity index (χ4n) is 4.00. The summed E-state index contributed by atoms with van der Waals surface area (Å²) < 4.78 is 11.7. The molecular weight excluding hydrogens is 478 g/mol. The van der Waals surface area contributed by atoms with Crippen LogP contribution in [0.5, 0.6) is 11.5 Å². The van der Waals surface area contributed by atoms with Crippen molar-refractivity contribution in [3.8, 4) is 11.5 Å². The molecule has 0 spiro atoms. The van der Waals surface area contributed by atoms with E-state index in [0.29, 0.717) is 40.8 Å². The number of nitrogens with zero attached hydrogens (tertiary/aromatic N) is 3. The van der Waals surface area contributed by atoms with Crippen LogP contribution < -0.4 is 14.4 Å². The van der Waals surface area contributed by atoms with E-state index in [1.54, 1.807) is 37.3 Å². The molecule has 1 atom stereocenters. The Morgan fingerprint density at radius 2 is 1.78 bits per heavy atom. The van der Waals surface area contributed by atoms with E-state index in [9.17, 15) is 14.7 Å². The second kappa shape index (κ2) is 10.9. The Labute approximate surface area is 214 Å². The molecule has 0 saturated carbocycles. The van der Waals surface area contributed by atoms with E-state index in [4.69, 9.17) is 9.47 Å². The average Bonchev–Trinajstić information content (AvgIpc) is 3.40. The van der Waals surface area contributed by atoms with Crippen LogP contribution in [-0.2, 0) is 9.59 Å². The summed E-state index contributed by atoms with van der Waals surface area (Å²) in [6, 6.07) is 11.5. The van der Waals surface area contributed by atoms with Crippen molar-refractivity contribution in [3.05, 3.63) is 69.7 Å². The summed E-state index contributed by atoms with van der Waals surface area (Å²) in [5.74, 6) is -0.724. The third-order valence-corrected chi connectivity index (χ3v) is 6.67. The van der Waals surface area contributed by atoms with Gasteiger partial charge in [0.2, 0.25) is 5.13 Å². The van der Waals surface area contributed by atoms with Gasteiger partial charge in [-0.05, 0) is 44.9 Å². The van der Waals surface area contributed by atoms with Crippen molar-refractivity contribution in [2.45, 2.75) is 46.6 Å². The predicted octanol–water partition coefficient (Wildman–Crippen LogP) is 5.36. The van der Waals surface area contributed by atoms with Crippen LogP contribution in [0.1, 0.15) is 54.4 Å². The van der Waals surface area contributed by atoms with Crippen LogP contribution in [-0.4, -0.2) is 40.2 Å². The molecule has 1 unspecified atom stereocenters. The first-order valence-electron chi connectivity index (χ1n) is 11.9. The summed E-state index contributed by atoms with van der Waals surface area (Å²) in [4.78, 5) is 27.9. The number of carbonyl (C=O) groups excluding carboxylic acids is 2. The van der Waals surface area contributed by atoms with E-state index in [1.807, 2.05) is 26.0 Å². The SMILES string of the molecule is CCCCOc1ccc(C2/C(=C(\O)c3ccc(C)cc3)C(=O)C(=O)N2c2nnc(C)s2)cc1OCC. The first-order valence-corrected chi connectivity index (χ1v) is 12.7. The number of hydrogen-bond donors (Lipinski definition) is 1. The van der Waals surface area contributed by atoms with Gasteiger partial charge in [0.1, 0.15) is 10.8 Å². The Balaban J connectivity index is 1.88. The molecule has 1 aromatic heterocycles. The van der Waals surface area contributed by atoms with Crippen molar-refractivity contribution in [3.63, 3.8) is 0 Å². The number of aliphatic hydroxyl groups excluding tert-OH is 1. The van der Waals surface area contributed by atoms with Crippen LogP contribution >= 0.6 is 11.3 Å². The van der Waals surface area contributed by atoms with Crippen molar-refractivity contribution in [1.29, 1.82) is 0 Å². The normalized spacial score (nSPS) is 17.0. The highest BCUT2D eigenvalue weighted by molar-refractivity contribution is 7.15. The lowest BCUT2D eigenvalue weighted by molar-refractivity contribution is -0.132. The third kappa shape index (κ3) is 4.97. The number of hydrogen-bond acceptors (Lipinski definition) is 8. The zero-order valence-corrected chi connectivity index (χ0v) is 21.6. The minimum atomic E-state index is -0.914. The van der Waals surface area contributed by atoms with Gasteiger partial charge < -0.3 is 14.6 Å². The largest absolute Gasteiger partial charge is 0.507 e. The Kier molecular flexibility index (Phi) is 7.69. The minimum absolute atomic E-state index is 0.0150. The van der Waals surface area contributed by atoms with Gasteiger partial charge in [-0.25, -0.2) is 0 Å². The maximum absolute atomic E-state index is 13.3. The molecule has 188 valence electrons. The molecule has 1 aliphatic rings. The molecule has 4 rings (SSSR count). The molecule has 1 aliphatic heterocycles. The lowest BCUT2D eigenvalue weighted by atomic mass is 9.95. The molecule has 8 nitrogen and oxygen atoms in total. The van der Waals surface area contributed by atoms with Crippen LogP contribution in [0.2, 0.25) is 0 Å². The number of anilines is 1. The van der Waals surface area contributed by atoms with Gasteiger partial charge in [-0.15, -0.1) is 10.2 Å². The van der Waals surface area contributed by atoms with Gasteiger partial charge in [0.15, 0.2) is 11.5 Å². The number of ether oxygens (including phenoxy) is 2. The molecule has 1 N–H and O–H groups in total. The highest BCUT2D eigenvalue weighted by Crippen LogP contribution is 2.44. The summed E-state index contributed by atoms with van der Waals surface area (Å²) in [5.41, 5.74) is 2.02. The molecule has 2 heterocycles. The summed E-state index contributed by atoms with van der Waals surface area (Å²) in [6.45, 7) is 8.62. The maximum Gasteiger partial charge on any atom is 0.301 e. The number of aliphatic hydroxyl groups is 1. The zero-order valence-electron chi connectivity index (χ0n) is 20.8. The van der Waals surface area contributed by atoms with Crippen LogP contribution in [0.3, 0.4) is 0 Å². The molecular formula is C27H29N3O5S. The highest BCUT2D eigenvalue weighted by atomic mass is 32.1. The maximum atomic E-state index is 13.3. The Morgan fingerprint density at radius 1 is 1.03 bits per heavy atom. The average molecular weight is 508 g/mol. The van der Waals surface area contributed by atoms with E-state index < -0.39 is 17.7 Å². The highest BCUT2D eigenvalue weighted by Gasteiger charge is 2.48. The number of aryl methyl sites for hydroxylation is 2. The van der Waals surface area contributed by atoms with Crippen molar-refractivity contribution >= 4 is 33.9 Å². The fraction of sp³-hybridized carbons (Fsp3) is 0.333. The molecule has 0 bridgehead atoms. The lowest BCUT2D eigenvalue weighted by Gasteiger charge is -2.23. The Morgan fingerprint density at radius 3 is 2.42 bits per heavy atom. The van der Waals surface area contributed by atoms with Crippen molar-refractivity contribution in [2.75, 3.05) is 18.1 Å². The van der Waals surface area contributed by atoms with Crippen LogP contribution in [0.15, 0.2) is 48.0 Å². The lowest BCUT2D eigenvalue weighted by Crippen LogP contribution is -2.29. The molecule has 1 fully saturated rings. The zero-order chi connectivity index (χ0) is 25.8. The van der Waals surface area contributed by atoms with Crippen molar-refractivity contribution in [2.24, 2.45) is 0 Å². The quantitative estimate of drug-likeness (QED) is 0.180. The number of amides is 1. The van der Waals surface area contributed by atoms with Gasteiger partial charge in [0.05, 0.1) is 24.8 Å². The van der Waals surface area contributed by atoms with E-state index in [1.165, 1.54) is 16.2 Å². The fourth-order valence-corrected chi connectivity index (χ4v) is 4.72. The first-order chi connectivity index (χ1) is 17.3. The van der Waals surface area contributed by atoms with E-state index in [2.05, 4.69) is 17.1 Å². The smallest absolute Gasteiger partial charge is 0.301 e. The summed E-state index contributed by atoms with van der Waals surface area (Å²) in [5, 5.41) is 20.3. The first kappa shape index (κ1) is 25.4. The van der Waals surface area contributed by atoms with Crippen LogP contribution in [0, 0.1) is 13.8 Å². The number of rotatable bonds is 9. The van der Waals surface area contributed by atoms with E-state index >= 15 is 0 Å². The van der Waals surface area contributed by atoms with Gasteiger partial charge in [-0.2, -0.15) is 0 Å². The van der Waals surface area contributed by atoms with Gasteiger partial charge in [0, 0.05) is 5.56 Å². The molecule has 0 aliphatic carbocycles. The molecule has 3 aromatic rings. The van der Waals surface area contributed by atoms with Crippen molar-refractivity contribution < 1.29 is 24.2 Å². The number of aromatic nitrogens is 2. The van der Waals surface area contributed by atoms with Gasteiger partial charge in [0.25, 0.3) is 5.78 Å². The summed E-state index contributed by atoms with van der Waals surface area (Å²) in [7, 11) is 0. The van der Waals surface area contributed by atoms with Gasteiger partial charge in [-0.3, -0.25) is 14.5 Å². The third-order valence-electron chi connectivity index (χ3n) is 5.83. The molecule has 1 amide bonds. The second-order valence-electron chi connectivity index (χ2n) is 8.48. The number of ketones is 1. The topological polar surface area (TPSA) is 102 Å². The predicted molar refractivity (Wildman–Crippen MR) is 139 cm³/mol. The molecule has 9 heteroatoms. The molecule has 1 saturated heterocycles. The summed E-state index contributed by atoms with van der Waals surface area (Å²) >= 11 is 1.20. The monoisotopic (exact) mass is 507 g/mol. The van der Waals surface area contributed by atoms with Crippen LogP contribution in [0.25, 0.3) is 5.76 Å². The van der Waals surface area contributed by atoms with Gasteiger partial charge >= 0.3 is 5.91 Å². The number of unbranched alkanes of at least 4 members (excludes halogenated alkanes) is 1. The minimum Gasteiger partial charge on any atom is -0.507 e. The number of Topliss-reactive ketones (excluding diaryl/α,β-unsaturated/α-hetero) is 1. The standard InChI is InChI=1S/C27H29N3O5S/c1-5-7-14-35-20-13-12-19(15-21(20)34-6-2)23-22(24(31)18-10-8-16(3)9-11-18)25(32)26(33)30(23)27-29-28-17(4)36-27/h8-13,15,23,31H,5-7,14H2,1-4H3/b24-22+. The Hall–Kier alpha value is -3.72. The van der Waals surface area contributed by atoms with E-state index in [-0.39, 0.29) is 16.5 Å². The molecule has 36 heavy (non-hydrogen) atoms. The number of benzene rings is 2. The van der Waals surface area contributed by atoms with Crippen LogP contribution in [0.4, 0.5) is 5.13 Å². The molecule has 0 radical (unpaired) electrons. The Bertz CT molecular complexity index is 1300. The van der Waals surface area contributed by atoms with Crippen molar-refractivity contribution in [1.82, 2.24) is 10.2 Å². The van der Waals surface area contributed by atoms with Gasteiger partial charge in [-0.1, -0.05) is 60.6 Å². The summed E-state index contributed by atoms with van der Waals surface area (Å²) in [6.07, 6.45) is 1.90. The second-order valence-corrected chi connectivity index (χ2v) is 9.64. The number of carbonyl (C=O) groups is 2.